The highest BCUT2D eigenvalue weighted by molar-refractivity contribution is 5.92. The van der Waals surface area contributed by atoms with Crippen LogP contribution in [0.2, 0.25) is 0 Å². The molecule has 0 spiro atoms. The summed E-state index contributed by atoms with van der Waals surface area (Å²) in [5, 5.41) is 6.98. The molecule has 2 aliphatic heterocycles. The Balaban J connectivity index is 1.36. The fraction of sp³-hybridized carbons (Fsp3) is 0.737. The maximum absolute atomic E-state index is 12.5. The lowest BCUT2D eigenvalue weighted by molar-refractivity contribution is 0.00499. The number of hydrogen-bond acceptors (Lipinski definition) is 5. The molecule has 7 heteroatoms. The van der Waals surface area contributed by atoms with Gasteiger partial charge in [0.15, 0.2) is 5.69 Å². The van der Waals surface area contributed by atoms with Gasteiger partial charge in [-0.05, 0) is 59.3 Å². The third kappa shape index (κ3) is 3.57. The summed E-state index contributed by atoms with van der Waals surface area (Å²) in [7, 11) is 0. The molecule has 1 aliphatic carbocycles. The monoisotopic (exact) mass is 361 g/mol. The molecule has 1 saturated carbocycles. The zero-order chi connectivity index (χ0) is 18.5. The Labute approximate surface area is 153 Å². The minimum atomic E-state index is -0.492. The number of ether oxygens (including phenoxy) is 1. The molecule has 3 aliphatic rings. The maximum atomic E-state index is 12.5. The second-order valence-electron chi connectivity index (χ2n) is 8.80. The minimum absolute atomic E-state index is 0.0553. The van der Waals surface area contributed by atoms with E-state index >= 15 is 0 Å². The summed E-state index contributed by atoms with van der Waals surface area (Å²) in [5.41, 5.74) is -0.137. The number of fused-ring (bicyclic) bond motifs is 2. The number of aromatic nitrogens is 1. The van der Waals surface area contributed by atoms with Gasteiger partial charge >= 0.3 is 6.09 Å². The summed E-state index contributed by atoms with van der Waals surface area (Å²) < 4.78 is 10.8. The zero-order valence-electron chi connectivity index (χ0n) is 15.7. The van der Waals surface area contributed by atoms with Gasteiger partial charge in [-0.25, -0.2) is 4.79 Å². The molecular weight excluding hydrogens is 334 g/mol. The quantitative estimate of drug-likeness (QED) is 0.893. The Bertz CT molecular complexity index is 690. The Hall–Kier alpha value is -2.05. The summed E-state index contributed by atoms with van der Waals surface area (Å²) in [4.78, 5) is 26.8. The van der Waals surface area contributed by atoms with Gasteiger partial charge in [-0.15, -0.1) is 0 Å². The average molecular weight is 361 g/mol. The van der Waals surface area contributed by atoms with E-state index in [1.54, 1.807) is 6.07 Å². The van der Waals surface area contributed by atoms with Crippen LogP contribution in [0.15, 0.2) is 10.6 Å². The molecule has 2 saturated heterocycles. The molecule has 7 nitrogen and oxygen atoms in total. The lowest BCUT2D eigenvalue weighted by Crippen LogP contribution is -2.53. The normalized spacial score (nSPS) is 28.1. The lowest BCUT2D eigenvalue weighted by Gasteiger charge is -2.39. The lowest BCUT2D eigenvalue weighted by atomic mass is 9.97. The molecule has 3 atom stereocenters. The summed E-state index contributed by atoms with van der Waals surface area (Å²) in [6.07, 6.45) is 5.44. The third-order valence-corrected chi connectivity index (χ3v) is 5.41. The first-order chi connectivity index (χ1) is 12.3. The van der Waals surface area contributed by atoms with Gasteiger partial charge in [0, 0.05) is 30.1 Å². The van der Waals surface area contributed by atoms with Crippen LogP contribution in [0.4, 0.5) is 4.79 Å². The Morgan fingerprint density at radius 3 is 2.42 bits per heavy atom. The van der Waals surface area contributed by atoms with Gasteiger partial charge in [0.1, 0.15) is 11.4 Å². The third-order valence-electron chi connectivity index (χ3n) is 5.41. The average Bonchev–Trinajstić information content (AvgIpc) is 3.20. The molecule has 0 aromatic carbocycles. The fourth-order valence-corrected chi connectivity index (χ4v) is 4.12. The second kappa shape index (κ2) is 6.28. The highest BCUT2D eigenvalue weighted by Gasteiger charge is 2.45. The number of nitrogens with one attached hydrogen (secondary N) is 1. The number of nitrogens with zero attached hydrogens (tertiary/aromatic N) is 2. The number of carbonyl (C=O) groups excluding carboxylic acids is 2. The van der Waals surface area contributed by atoms with Crippen molar-refractivity contribution in [3.05, 3.63) is 17.5 Å². The van der Waals surface area contributed by atoms with Crippen LogP contribution in [0.5, 0.6) is 0 Å². The number of carbonyl (C=O) groups is 2. The van der Waals surface area contributed by atoms with Gasteiger partial charge in [0.25, 0.3) is 5.91 Å². The van der Waals surface area contributed by atoms with E-state index in [4.69, 9.17) is 9.26 Å². The van der Waals surface area contributed by atoms with Gasteiger partial charge in [-0.1, -0.05) is 5.16 Å². The van der Waals surface area contributed by atoms with Gasteiger partial charge in [0.05, 0.1) is 0 Å². The Morgan fingerprint density at radius 2 is 1.85 bits per heavy atom. The number of piperidine rings is 1. The van der Waals surface area contributed by atoms with Crippen molar-refractivity contribution >= 4 is 12.0 Å². The first-order valence-corrected chi connectivity index (χ1v) is 9.59. The smallest absolute Gasteiger partial charge is 0.410 e. The van der Waals surface area contributed by atoms with Crippen molar-refractivity contribution in [2.24, 2.45) is 0 Å². The van der Waals surface area contributed by atoms with Crippen LogP contribution in [0.3, 0.4) is 0 Å². The van der Waals surface area contributed by atoms with E-state index in [0.29, 0.717) is 11.6 Å². The summed E-state index contributed by atoms with van der Waals surface area (Å²) in [6.45, 7) is 5.65. The van der Waals surface area contributed by atoms with E-state index in [-0.39, 0.29) is 30.1 Å². The Morgan fingerprint density at radius 1 is 1.19 bits per heavy atom. The fourth-order valence-electron chi connectivity index (χ4n) is 4.12. The predicted octanol–water partition coefficient (Wildman–Crippen LogP) is 3.21. The van der Waals surface area contributed by atoms with E-state index in [0.717, 1.165) is 44.3 Å². The second-order valence-corrected chi connectivity index (χ2v) is 8.80. The van der Waals surface area contributed by atoms with Crippen molar-refractivity contribution in [1.82, 2.24) is 15.4 Å². The molecule has 3 fully saturated rings. The summed E-state index contributed by atoms with van der Waals surface area (Å²) in [6, 6.07) is 2.08. The minimum Gasteiger partial charge on any atom is -0.444 e. The molecule has 2 amide bonds. The first-order valence-electron chi connectivity index (χ1n) is 9.59. The van der Waals surface area contributed by atoms with Crippen LogP contribution in [0.1, 0.15) is 81.5 Å². The standard InChI is InChI=1S/C19H27N3O4/c1-19(2,3)25-18(24)22-13-6-7-14(22)9-12(8-13)20-17(23)15-10-16(26-21-15)11-4-5-11/h10-14H,4-9H2,1-3H3,(H,20,23)/t12-,13+,14-. The SMILES string of the molecule is CC(C)(C)OC(=O)N1[C@@H]2CC[C@H]1C[C@@H](NC(=O)c1cc(C3CC3)on1)C2. The van der Waals surface area contributed by atoms with Crippen LogP contribution in [-0.2, 0) is 4.74 Å². The maximum Gasteiger partial charge on any atom is 0.410 e. The first kappa shape index (κ1) is 17.4. The number of amides is 2. The summed E-state index contributed by atoms with van der Waals surface area (Å²) in [5.74, 6) is 1.07. The molecule has 26 heavy (non-hydrogen) atoms. The van der Waals surface area contributed by atoms with Crippen molar-refractivity contribution in [3.63, 3.8) is 0 Å². The zero-order valence-corrected chi connectivity index (χ0v) is 15.7. The molecular formula is C19H27N3O4. The molecule has 1 aromatic rings. The molecule has 0 radical (unpaired) electrons. The molecule has 2 bridgehead atoms. The van der Waals surface area contributed by atoms with E-state index in [9.17, 15) is 9.59 Å². The van der Waals surface area contributed by atoms with Gasteiger partial charge in [0.2, 0.25) is 0 Å². The van der Waals surface area contributed by atoms with E-state index < -0.39 is 5.60 Å². The summed E-state index contributed by atoms with van der Waals surface area (Å²) >= 11 is 0. The van der Waals surface area contributed by atoms with Crippen LogP contribution in [-0.4, -0.2) is 45.8 Å². The molecule has 1 N–H and O–H groups in total. The highest BCUT2D eigenvalue weighted by atomic mass is 16.6. The Kier molecular flexibility index (Phi) is 4.20. The highest BCUT2D eigenvalue weighted by Crippen LogP contribution is 2.40. The molecule has 4 rings (SSSR count). The van der Waals surface area contributed by atoms with Crippen molar-refractivity contribution in [2.45, 2.75) is 88.9 Å². The van der Waals surface area contributed by atoms with Crippen LogP contribution in [0.25, 0.3) is 0 Å². The number of hydrogen-bond donors (Lipinski definition) is 1. The molecule has 0 unspecified atom stereocenters. The molecule has 142 valence electrons. The van der Waals surface area contributed by atoms with Crippen molar-refractivity contribution in [2.75, 3.05) is 0 Å². The van der Waals surface area contributed by atoms with Crippen molar-refractivity contribution < 1.29 is 18.8 Å². The largest absolute Gasteiger partial charge is 0.444 e. The number of rotatable bonds is 3. The van der Waals surface area contributed by atoms with Crippen LogP contribution >= 0.6 is 0 Å². The van der Waals surface area contributed by atoms with E-state index in [1.807, 2.05) is 25.7 Å². The topological polar surface area (TPSA) is 84.7 Å². The van der Waals surface area contributed by atoms with Gasteiger partial charge in [-0.2, -0.15) is 0 Å². The van der Waals surface area contributed by atoms with E-state index in [2.05, 4.69) is 10.5 Å². The van der Waals surface area contributed by atoms with Crippen molar-refractivity contribution in [1.29, 1.82) is 0 Å². The van der Waals surface area contributed by atoms with E-state index in [1.165, 1.54) is 0 Å². The molecule has 3 heterocycles. The molecule has 1 aromatic heterocycles. The van der Waals surface area contributed by atoms with Crippen LogP contribution in [0, 0.1) is 0 Å². The van der Waals surface area contributed by atoms with Crippen LogP contribution < -0.4 is 5.32 Å². The van der Waals surface area contributed by atoms with Gasteiger partial charge in [-0.3, -0.25) is 4.79 Å². The van der Waals surface area contributed by atoms with Gasteiger partial charge < -0.3 is 19.5 Å². The van der Waals surface area contributed by atoms with Crippen molar-refractivity contribution in [3.8, 4) is 0 Å². The predicted molar refractivity (Wildman–Crippen MR) is 93.8 cm³/mol.